The third kappa shape index (κ3) is 4.61. The first-order valence-corrected chi connectivity index (χ1v) is 14.5. The summed E-state index contributed by atoms with van der Waals surface area (Å²) in [6, 6.07) is 0. The molecule has 0 aromatic carbocycles. The van der Waals surface area contributed by atoms with Crippen molar-refractivity contribution in [3.8, 4) is 0 Å². The summed E-state index contributed by atoms with van der Waals surface area (Å²) in [4.78, 5) is 0. The van der Waals surface area contributed by atoms with Crippen LogP contribution in [0.15, 0.2) is 46.1 Å². The summed E-state index contributed by atoms with van der Waals surface area (Å²) in [5.74, 6) is 1.25. The van der Waals surface area contributed by atoms with Crippen LogP contribution >= 0.6 is 0 Å². The predicted octanol–water partition coefficient (Wildman–Crippen LogP) is 4.21. The number of hydrogen-bond acceptors (Lipinski definition) is 8. The van der Waals surface area contributed by atoms with Crippen molar-refractivity contribution >= 4 is 0 Å². The van der Waals surface area contributed by atoms with Gasteiger partial charge in [0.05, 0.1) is 25.5 Å². The molecule has 4 heterocycles. The molecule has 0 radical (unpaired) electrons. The zero-order valence-electron chi connectivity index (χ0n) is 25.9. The van der Waals surface area contributed by atoms with E-state index in [1.165, 1.54) is 0 Å². The lowest BCUT2D eigenvalue weighted by atomic mass is 9.72. The second-order valence-corrected chi connectivity index (χ2v) is 13.0. The first kappa shape index (κ1) is 31.5. The molecule has 1 unspecified atom stereocenters. The second kappa shape index (κ2) is 11.1. The van der Waals surface area contributed by atoms with Gasteiger partial charge in [-0.1, -0.05) is 55.4 Å². The molecule has 222 valence electrons. The fraction of sp³-hybridized carbons (Fsp3) is 0.742. The summed E-state index contributed by atoms with van der Waals surface area (Å²) in [5.41, 5.74) is 28.6. The van der Waals surface area contributed by atoms with Gasteiger partial charge in [-0.25, -0.2) is 0 Å². The van der Waals surface area contributed by atoms with Gasteiger partial charge in [-0.05, 0) is 61.1 Å². The molecule has 0 bridgehead atoms. The van der Waals surface area contributed by atoms with E-state index in [1.54, 1.807) is 12.4 Å². The fourth-order valence-corrected chi connectivity index (χ4v) is 7.24. The van der Waals surface area contributed by atoms with Gasteiger partial charge in [0.15, 0.2) is 5.60 Å². The Labute approximate surface area is 236 Å². The Morgan fingerprint density at radius 1 is 0.641 bits per heavy atom. The lowest BCUT2D eigenvalue weighted by Crippen LogP contribution is -2.57. The molecule has 8 nitrogen and oxygen atoms in total. The van der Waals surface area contributed by atoms with Gasteiger partial charge in [0.1, 0.15) is 16.8 Å². The SMILES string of the molecule is C/C(=C/N)C1=C(N)C2(CCOC2)OC1(C(C)C)C(C)C.C/C(=C/N)C1=C(N)C2(COC2)OC1(C(C)C)C(C)C. The quantitative estimate of drug-likeness (QED) is 0.388. The molecule has 2 fully saturated rings. The molecule has 39 heavy (non-hydrogen) atoms. The molecule has 0 saturated carbocycles. The van der Waals surface area contributed by atoms with E-state index in [0.717, 1.165) is 40.1 Å². The molecule has 0 aromatic heterocycles. The van der Waals surface area contributed by atoms with Crippen molar-refractivity contribution < 1.29 is 18.9 Å². The Morgan fingerprint density at radius 2 is 1.00 bits per heavy atom. The summed E-state index contributed by atoms with van der Waals surface area (Å²) in [7, 11) is 0. The molecule has 1 atom stereocenters. The minimum atomic E-state index is -0.464. The Kier molecular flexibility index (Phi) is 8.98. The van der Waals surface area contributed by atoms with E-state index >= 15 is 0 Å². The van der Waals surface area contributed by atoms with Crippen LogP contribution in [-0.2, 0) is 18.9 Å². The van der Waals surface area contributed by atoms with Gasteiger partial charge < -0.3 is 41.9 Å². The minimum absolute atomic E-state index is 0.311. The number of ether oxygens (including phenoxy) is 4. The third-order valence-electron chi connectivity index (χ3n) is 9.41. The highest BCUT2D eigenvalue weighted by molar-refractivity contribution is 5.50. The summed E-state index contributed by atoms with van der Waals surface area (Å²) >= 11 is 0. The Balaban J connectivity index is 0.000000216. The van der Waals surface area contributed by atoms with Crippen LogP contribution in [0.3, 0.4) is 0 Å². The standard InChI is InChI=1S/C16H28N2O2.C15H26N2O2/c1-10(2)16(11(3)4)13(12(5)8-17)14(18)15(20-16)6-7-19-9-15;1-9(2)15(10(3)4)12(11(5)6-16)13(17)14(19-15)7-18-8-14/h8,10-11H,6-7,9,17-18H2,1-5H3;6,9-10H,7-8,16-17H2,1-5H3/b12-8-;11-6-. The summed E-state index contributed by atoms with van der Waals surface area (Å²) in [6.07, 6.45) is 4.09. The van der Waals surface area contributed by atoms with E-state index in [2.05, 4.69) is 55.4 Å². The van der Waals surface area contributed by atoms with E-state index in [-0.39, 0.29) is 5.60 Å². The average molecular weight is 547 g/mol. The van der Waals surface area contributed by atoms with Crippen molar-refractivity contribution in [2.24, 2.45) is 46.6 Å². The molecule has 0 aliphatic carbocycles. The van der Waals surface area contributed by atoms with Gasteiger partial charge in [0, 0.05) is 29.9 Å². The van der Waals surface area contributed by atoms with Crippen LogP contribution < -0.4 is 22.9 Å². The molecule has 4 rings (SSSR count). The molecule has 0 aromatic rings. The second-order valence-electron chi connectivity index (χ2n) is 13.0. The van der Waals surface area contributed by atoms with Crippen molar-refractivity contribution in [2.45, 2.75) is 98.1 Å². The van der Waals surface area contributed by atoms with E-state index < -0.39 is 16.8 Å². The molecule has 0 amide bonds. The minimum Gasteiger partial charge on any atom is -0.404 e. The van der Waals surface area contributed by atoms with Gasteiger partial charge in [-0.3, -0.25) is 0 Å². The highest BCUT2D eigenvalue weighted by Gasteiger charge is 2.61. The Morgan fingerprint density at radius 3 is 1.28 bits per heavy atom. The van der Waals surface area contributed by atoms with Crippen LogP contribution in [0.5, 0.6) is 0 Å². The van der Waals surface area contributed by atoms with E-state index in [4.69, 9.17) is 41.9 Å². The van der Waals surface area contributed by atoms with Crippen molar-refractivity contribution in [1.29, 1.82) is 0 Å². The monoisotopic (exact) mass is 546 g/mol. The lowest BCUT2D eigenvalue weighted by Gasteiger charge is -2.45. The highest BCUT2D eigenvalue weighted by atomic mass is 16.6. The normalized spacial score (nSPS) is 27.9. The van der Waals surface area contributed by atoms with Crippen LogP contribution in [0.4, 0.5) is 0 Å². The van der Waals surface area contributed by atoms with Gasteiger partial charge in [-0.15, -0.1) is 0 Å². The van der Waals surface area contributed by atoms with Gasteiger partial charge in [-0.2, -0.15) is 0 Å². The fourth-order valence-electron chi connectivity index (χ4n) is 7.24. The predicted molar refractivity (Wildman–Crippen MR) is 157 cm³/mol. The topological polar surface area (TPSA) is 141 Å². The maximum absolute atomic E-state index is 6.65. The zero-order valence-corrected chi connectivity index (χ0v) is 25.9. The van der Waals surface area contributed by atoms with Gasteiger partial charge in [0.2, 0.25) is 0 Å². The van der Waals surface area contributed by atoms with Crippen molar-refractivity contribution in [2.75, 3.05) is 26.4 Å². The summed E-state index contributed by atoms with van der Waals surface area (Å²) < 4.78 is 24.1. The summed E-state index contributed by atoms with van der Waals surface area (Å²) in [5, 5.41) is 0. The van der Waals surface area contributed by atoms with Crippen molar-refractivity contribution in [1.82, 2.24) is 0 Å². The zero-order chi connectivity index (χ0) is 29.6. The van der Waals surface area contributed by atoms with Crippen LogP contribution in [0.1, 0.15) is 75.7 Å². The molecule has 8 N–H and O–H groups in total. The van der Waals surface area contributed by atoms with Crippen LogP contribution in [0.2, 0.25) is 0 Å². The number of nitrogens with two attached hydrogens (primary N) is 4. The molecule has 8 heteroatoms. The largest absolute Gasteiger partial charge is 0.404 e. The maximum atomic E-state index is 6.65. The first-order valence-electron chi connectivity index (χ1n) is 14.5. The molecule has 4 aliphatic rings. The first-order chi connectivity index (χ1) is 18.1. The van der Waals surface area contributed by atoms with Crippen LogP contribution in [0.25, 0.3) is 0 Å². The van der Waals surface area contributed by atoms with Crippen molar-refractivity contribution in [3.63, 3.8) is 0 Å². The molecule has 4 aliphatic heterocycles. The lowest BCUT2D eigenvalue weighted by molar-refractivity contribution is -0.236. The Hall–Kier alpha value is -2.00. The molecular formula is C31H54N4O4. The highest BCUT2D eigenvalue weighted by Crippen LogP contribution is 2.54. The molecule has 2 saturated heterocycles. The van der Waals surface area contributed by atoms with Crippen LogP contribution in [-0.4, -0.2) is 48.8 Å². The summed E-state index contributed by atoms with van der Waals surface area (Å²) in [6.45, 7) is 23.8. The maximum Gasteiger partial charge on any atom is 0.155 e. The van der Waals surface area contributed by atoms with E-state index in [9.17, 15) is 0 Å². The smallest absolute Gasteiger partial charge is 0.155 e. The third-order valence-corrected chi connectivity index (χ3v) is 9.41. The average Bonchev–Trinajstić information content (AvgIpc) is 3.51. The van der Waals surface area contributed by atoms with Crippen molar-refractivity contribution in [3.05, 3.63) is 46.1 Å². The van der Waals surface area contributed by atoms with E-state index in [1.807, 2.05) is 13.8 Å². The molecule has 2 spiro atoms. The van der Waals surface area contributed by atoms with E-state index in [0.29, 0.717) is 50.1 Å². The Bertz CT molecular complexity index is 1020. The van der Waals surface area contributed by atoms with Crippen LogP contribution in [0, 0.1) is 23.7 Å². The number of rotatable bonds is 6. The van der Waals surface area contributed by atoms with Gasteiger partial charge >= 0.3 is 0 Å². The molecular weight excluding hydrogens is 492 g/mol. The van der Waals surface area contributed by atoms with Gasteiger partial charge in [0.25, 0.3) is 0 Å². The number of hydrogen-bond donors (Lipinski definition) is 4.